The van der Waals surface area contributed by atoms with Gasteiger partial charge in [-0.25, -0.2) is 4.79 Å². The smallest absolute Gasteiger partial charge is 0.338 e. The van der Waals surface area contributed by atoms with Gasteiger partial charge in [0, 0.05) is 18.3 Å². The van der Waals surface area contributed by atoms with Crippen LogP contribution in [0.5, 0.6) is 0 Å². The van der Waals surface area contributed by atoms with Gasteiger partial charge in [-0.1, -0.05) is 0 Å². The maximum absolute atomic E-state index is 12.3. The highest BCUT2D eigenvalue weighted by atomic mass is 16.5. The van der Waals surface area contributed by atoms with Crippen LogP contribution in [0.2, 0.25) is 0 Å². The van der Waals surface area contributed by atoms with Gasteiger partial charge in [-0.2, -0.15) is 0 Å². The summed E-state index contributed by atoms with van der Waals surface area (Å²) in [7, 11) is 1.66. The number of amides is 1. The third-order valence-corrected chi connectivity index (χ3v) is 3.88. The van der Waals surface area contributed by atoms with Crippen LogP contribution in [0.25, 0.3) is 0 Å². The van der Waals surface area contributed by atoms with Crippen LogP contribution in [0.15, 0.2) is 12.1 Å². The highest BCUT2D eigenvalue weighted by Gasteiger charge is 2.43. The first-order valence-electron chi connectivity index (χ1n) is 6.86. The molecule has 0 fully saturated rings. The summed E-state index contributed by atoms with van der Waals surface area (Å²) in [6.07, 6.45) is 0. The van der Waals surface area contributed by atoms with E-state index in [0.29, 0.717) is 11.3 Å². The van der Waals surface area contributed by atoms with Crippen LogP contribution in [0, 0.1) is 0 Å². The van der Waals surface area contributed by atoms with E-state index < -0.39 is 11.4 Å². The topological polar surface area (TPSA) is 63.7 Å². The van der Waals surface area contributed by atoms with Crippen molar-refractivity contribution in [1.82, 2.24) is 0 Å². The monoisotopic (exact) mass is 289 g/mol. The first-order valence-corrected chi connectivity index (χ1v) is 6.86. The van der Waals surface area contributed by atoms with E-state index in [1.807, 2.05) is 13.8 Å². The van der Waals surface area contributed by atoms with Crippen molar-refractivity contribution in [3.8, 4) is 0 Å². The predicted molar refractivity (Wildman–Crippen MR) is 78.8 cm³/mol. The quantitative estimate of drug-likeness (QED) is 0.633. The van der Waals surface area contributed by atoms with Crippen LogP contribution < -0.4 is 4.90 Å². The highest BCUT2D eigenvalue weighted by Crippen LogP contribution is 2.42. The molecule has 1 aromatic rings. The first-order chi connectivity index (χ1) is 9.71. The van der Waals surface area contributed by atoms with E-state index in [4.69, 9.17) is 4.74 Å². The normalized spacial score (nSPS) is 15.9. The Morgan fingerprint density at radius 3 is 2.38 bits per heavy atom. The summed E-state index contributed by atoms with van der Waals surface area (Å²) in [4.78, 5) is 37.7. The minimum Gasteiger partial charge on any atom is -0.462 e. The average Bonchev–Trinajstić information content (AvgIpc) is 2.59. The molecule has 0 bridgehead atoms. The molecule has 0 aromatic heterocycles. The molecule has 5 heteroatoms. The van der Waals surface area contributed by atoms with E-state index in [2.05, 4.69) is 0 Å². The largest absolute Gasteiger partial charge is 0.462 e. The van der Waals surface area contributed by atoms with Gasteiger partial charge in [0.2, 0.25) is 5.91 Å². The van der Waals surface area contributed by atoms with E-state index in [0.717, 1.165) is 5.56 Å². The Balaban J connectivity index is 2.69. The molecule has 0 atom stereocenters. The first kappa shape index (κ1) is 15.2. The Morgan fingerprint density at radius 1 is 1.24 bits per heavy atom. The number of ether oxygens (including phenoxy) is 1. The molecule has 0 aliphatic carbocycles. The summed E-state index contributed by atoms with van der Waals surface area (Å²) in [5.41, 5.74) is 1.21. The Bertz CT molecular complexity index is 646. The zero-order valence-corrected chi connectivity index (χ0v) is 12.9. The van der Waals surface area contributed by atoms with E-state index in [1.54, 1.807) is 26.1 Å². The van der Waals surface area contributed by atoms with Crippen molar-refractivity contribution < 1.29 is 19.1 Å². The van der Waals surface area contributed by atoms with Crippen LogP contribution in [0.3, 0.4) is 0 Å². The lowest BCUT2D eigenvalue weighted by Gasteiger charge is -2.17. The van der Waals surface area contributed by atoms with Gasteiger partial charge < -0.3 is 9.64 Å². The minimum atomic E-state index is -0.707. The summed E-state index contributed by atoms with van der Waals surface area (Å²) in [5.74, 6) is -0.831. The van der Waals surface area contributed by atoms with Crippen LogP contribution in [-0.4, -0.2) is 31.3 Å². The van der Waals surface area contributed by atoms with E-state index in [1.165, 1.54) is 11.8 Å². The molecule has 0 radical (unpaired) electrons. The summed E-state index contributed by atoms with van der Waals surface area (Å²) < 4.78 is 5.00. The van der Waals surface area contributed by atoms with Crippen LogP contribution in [0.1, 0.15) is 54.0 Å². The second-order valence-corrected chi connectivity index (χ2v) is 5.68. The maximum atomic E-state index is 12.3. The molecule has 1 aliphatic rings. The fourth-order valence-corrected chi connectivity index (χ4v) is 2.68. The van der Waals surface area contributed by atoms with Crippen molar-refractivity contribution in [3.63, 3.8) is 0 Å². The van der Waals surface area contributed by atoms with Gasteiger partial charge in [0.05, 0.1) is 17.6 Å². The summed E-state index contributed by atoms with van der Waals surface area (Å²) >= 11 is 0. The lowest BCUT2D eigenvalue weighted by molar-refractivity contribution is -0.121. The Labute approximate surface area is 123 Å². The molecule has 0 unspecified atom stereocenters. The molecule has 21 heavy (non-hydrogen) atoms. The Morgan fingerprint density at radius 2 is 1.86 bits per heavy atom. The second kappa shape index (κ2) is 4.98. The molecular weight excluding hydrogens is 270 g/mol. The number of benzene rings is 1. The van der Waals surface area contributed by atoms with Crippen molar-refractivity contribution in [2.45, 2.75) is 33.1 Å². The fourth-order valence-electron chi connectivity index (χ4n) is 2.68. The number of ketones is 1. The van der Waals surface area contributed by atoms with Crippen LogP contribution in [0.4, 0.5) is 5.69 Å². The zero-order chi connectivity index (χ0) is 15.9. The van der Waals surface area contributed by atoms with Crippen molar-refractivity contribution in [1.29, 1.82) is 0 Å². The summed E-state index contributed by atoms with van der Waals surface area (Å²) in [6.45, 7) is 6.96. The number of nitrogens with zero attached hydrogens (tertiary/aromatic N) is 1. The Kier molecular flexibility index (Phi) is 3.61. The molecule has 2 rings (SSSR count). The molecule has 0 saturated heterocycles. The number of likely N-dealkylation sites (N-methyl/N-ethyl adjacent to an activating group) is 1. The van der Waals surface area contributed by atoms with Gasteiger partial charge in [-0.15, -0.1) is 0 Å². The highest BCUT2D eigenvalue weighted by molar-refractivity contribution is 6.12. The molecule has 112 valence electrons. The molecule has 0 spiro atoms. The molecular formula is C16H19NO4. The SMILES string of the molecule is CCOC(=O)c1cc2c(cc1C(C)=O)C(C)(C)C(=O)N2C. The average molecular weight is 289 g/mol. The van der Waals surface area contributed by atoms with Crippen LogP contribution >= 0.6 is 0 Å². The molecule has 1 aliphatic heterocycles. The minimum absolute atomic E-state index is 0.0620. The molecule has 1 heterocycles. The van der Waals surface area contributed by atoms with Gasteiger partial charge in [0.15, 0.2) is 5.78 Å². The van der Waals surface area contributed by atoms with Gasteiger partial charge in [-0.3, -0.25) is 9.59 Å². The summed E-state index contributed by atoms with van der Waals surface area (Å²) in [6, 6.07) is 3.22. The summed E-state index contributed by atoms with van der Waals surface area (Å²) in [5, 5.41) is 0. The fraction of sp³-hybridized carbons (Fsp3) is 0.438. The van der Waals surface area contributed by atoms with E-state index in [-0.39, 0.29) is 23.9 Å². The van der Waals surface area contributed by atoms with Gasteiger partial charge in [-0.05, 0) is 45.4 Å². The molecule has 1 aromatic carbocycles. The number of rotatable bonds is 3. The lowest BCUT2D eigenvalue weighted by Crippen LogP contribution is -2.33. The number of esters is 1. The molecule has 1 amide bonds. The number of carbonyl (C=O) groups is 3. The van der Waals surface area contributed by atoms with Gasteiger partial charge >= 0.3 is 5.97 Å². The molecule has 0 N–H and O–H groups in total. The van der Waals surface area contributed by atoms with E-state index in [9.17, 15) is 14.4 Å². The zero-order valence-electron chi connectivity index (χ0n) is 12.9. The number of hydrogen-bond acceptors (Lipinski definition) is 4. The lowest BCUT2D eigenvalue weighted by atomic mass is 9.84. The van der Waals surface area contributed by atoms with Crippen molar-refractivity contribution in [2.24, 2.45) is 0 Å². The number of carbonyl (C=O) groups excluding carboxylic acids is 3. The van der Waals surface area contributed by atoms with Crippen molar-refractivity contribution in [3.05, 3.63) is 28.8 Å². The maximum Gasteiger partial charge on any atom is 0.338 e. The van der Waals surface area contributed by atoms with E-state index >= 15 is 0 Å². The van der Waals surface area contributed by atoms with Crippen molar-refractivity contribution in [2.75, 3.05) is 18.6 Å². The standard InChI is InChI=1S/C16H19NO4/c1-6-21-14(19)11-8-13-12(7-10(11)9(2)18)16(3,4)15(20)17(13)5/h7-8H,6H2,1-5H3. The number of fused-ring (bicyclic) bond motifs is 1. The number of Topliss-reactive ketones (excluding diaryl/α,β-unsaturated/α-hetero) is 1. The second-order valence-electron chi connectivity index (χ2n) is 5.68. The number of anilines is 1. The van der Waals surface area contributed by atoms with Gasteiger partial charge in [0.25, 0.3) is 0 Å². The van der Waals surface area contributed by atoms with Crippen molar-refractivity contribution >= 4 is 23.3 Å². The molecule has 0 saturated carbocycles. The third kappa shape index (κ3) is 2.22. The van der Waals surface area contributed by atoms with Gasteiger partial charge in [0.1, 0.15) is 0 Å². The Hall–Kier alpha value is -2.17. The van der Waals surface area contributed by atoms with Crippen LogP contribution in [-0.2, 0) is 14.9 Å². The number of hydrogen-bond donors (Lipinski definition) is 0. The molecule has 5 nitrogen and oxygen atoms in total. The third-order valence-electron chi connectivity index (χ3n) is 3.88. The predicted octanol–water partition coefficient (Wildman–Crippen LogP) is 2.32.